The summed E-state index contributed by atoms with van der Waals surface area (Å²) in [6.07, 6.45) is 0. The van der Waals surface area contributed by atoms with Gasteiger partial charge in [-0.15, -0.1) is 11.3 Å². The van der Waals surface area contributed by atoms with Crippen LogP contribution in [0.2, 0.25) is 0 Å². The highest BCUT2D eigenvalue weighted by atomic mass is 32.1. The lowest BCUT2D eigenvalue weighted by molar-refractivity contribution is 0.421. The normalized spacial score (nSPS) is 9.49. The third-order valence-electron chi connectivity index (χ3n) is 8.24. The smallest absolute Gasteiger partial charge is 0.197 e. The fourth-order valence-electron chi connectivity index (χ4n) is 5.78. The minimum Gasteiger partial charge on any atom is -0.445 e. The zero-order chi connectivity index (χ0) is 54.1. The second-order valence-electron chi connectivity index (χ2n) is 15.9. The standard InChI is InChI=1S/C11H20N2.C10H18N2.C10H17NO.C10H17NS.8C2H6/c1-7(2)10-9(5)11(8(3)4)13(6)12-10;3*1-6(2)9-8(5)11-10(12-9)7(3)4;8*1-2/h7-8H,1-6H3;6-7H,1-5H3,(H,11,12);2*6-7H,1-5H3;8*1-2H3. The molecule has 0 aliphatic carbocycles. The topological polar surface area (TPSA) is 85.4 Å². The van der Waals surface area contributed by atoms with Gasteiger partial charge in [-0.1, -0.05) is 222 Å². The van der Waals surface area contributed by atoms with E-state index in [1.54, 1.807) is 0 Å². The number of aromatic amines is 1. The second kappa shape index (κ2) is 49.2. The summed E-state index contributed by atoms with van der Waals surface area (Å²) in [5.74, 6) is 7.11. The van der Waals surface area contributed by atoms with Crippen molar-refractivity contribution in [2.75, 3.05) is 0 Å². The number of oxazole rings is 1. The molecule has 4 aromatic rings. The molecular weight excluding hydrogens is 817 g/mol. The minimum atomic E-state index is 0.385. The van der Waals surface area contributed by atoms with Gasteiger partial charge in [-0.3, -0.25) is 4.68 Å². The lowest BCUT2D eigenvalue weighted by Crippen LogP contribution is -2.00. The van der Waals surface area contributed by atoms with Crippen LogP contribution in [0, 0.1) is 27.7 Å². The van der Waals surface area contributed by atoms with E-state index in [1.807, 2.05) is 141 Å². The Morgan fingerprint density at radius 3 is 1.05 bits per heavy atom. The number of H-pyrrole nitrogens is 1. The van der Waals surface area contributed by atoms with Gasteiger partial charge in [0.15, 0.2) is 5.89 Å². The zero-order valence-corrected chi connectivity index (χ0v) is 52.0. The van der Waals surface area contributed by atoms with Crippen molar-refractivity contribution in [3.05, 3.63) is 67.1 Å². The van der Waals surface area contributed by atoms with Gasteiger partial charge in [-0.2, -0.15) is 5.10 Å². The number of aryl methyl sites for hydroxylation is 4. The van der Waals surface area contributed by atoms with Crippen molar-refractivity contribution in [3.8, 4) is 0 Å². The summed E-state index contributed by atoms with van der Waals surface area (Å²) in [4.78, 5) is 18.2. The Hall–Kier alpha value is -2.74. The first-order valence-corrected chi connectivity index (χ1v) is 27.4. The van der Waals surface area contributed by atoms with E-state index < -0.39 is 0 Å². The summed E-state index contributed by atoms with van der Waals surface area (Å²) in [5, 5.41) is 5.82. The van der Waals surface area contributed by atoms with Gasteiger partial charge in [-0.25, -0.2) is 15.0 Å². The Morgan fingerprint density at radius 1 is 0.446 bits per heavy atom. The van der Waals surface area contributed by atoms with Crippen molar-refractivity contribution in [3.63, 3.8) is 0 Å². The molecule has 0 aliphatic heterocycles. The number of nitrogens with zero attached hydrogens (tertiary/aromatic N) is 5. The van der Waals surface area contributed by atoms with E-state index >= 15 is 0 Å². The molecule has 8 heteroatoms. The van der Waals surface area contributed by atoms with E-state index in [0.717, 1.165) is 23.2 Å². The lowest BCUT2D eigenvalue weighted by Gasteiger charge is -2.06. The summed E-state index contributed by atoms with van der Waals surface area (Å²) >= 11 is 1.86. The molecular formula is C57H120N6OS. The van der Waals surface area contributed by atoms with E-state index in [9.17, 15) is 0 Å². The van der Waals surface area contributed by atoms with Crippen molar-refractivity contribution < 1.29 is 4.42 Å². The van der Waals surface area contributed by atoms with E-state index in [-0.39, 0.29) is 0 Å². The summed E-state index contributed by atoms with van der Waals surface area (Å²) in [7, 11) is 2.04. The molecule has 0 radical (unpaired) electrons. The Morgan fingerprint density at radius 2 is 0.862 bits per heavy atom. The Bertz CT molecular complexity index is 1410. The first-order valence-electron chi connectivity index (χ1n) is 26.5. The predicted octanol–water partition coefficient (Wildman–Crippen LogP) is 21.1. The summed E-state index contributed by atoms with van der Waals surface area (Å²) in [5.41, 5.74) is 8.65. The summed E-state index contributed by atoms with van der Waals surface area (Å²) in [6.45, 7) is 75.1. The van der Waals surface area contributed by atoms with Crippen LogP contribution in [-0.2, 0) is 7.05 Å². The summed E-state index contributed by atoms with van der Waals surface area (Å²) in [6, 6.07) is 0. The highest BCUT2D eigenvalue weighted by Crippen LogP contribution is 2.30. The summed E-state index contributed by atoms with van der Waals surface area (Å²) < 4.78 is 7.65. The third-order valence-corrected chi connectivity index (χ3v) is 10.00. The van der Waals surface area contributed by atoms with Gasteiger partial charge in [0.05, 0.1) is 27.8 Å². The molecule has 0 spiro atoms. The number of aromatic nitrogens is 6. The zero-order valence-electron chi connectivity index (χ0n) is 51.2. The third kappa shape index (κ3) is 32.6. The highest BCUT2D eigenvalue weighted by molar-refractivity contribution is 7.11. The maximum Gasteiger partial charge on any atom is 0.197 e. The van der Waals surface area contributed by atoms with Gasteiger partial charge >= 0.3 is 0 Å². The van der Waals surface area contributed by atoms with Gasteiger partial charge in [0.2, 0.25) is 0 Å². The molecule has 1 N–H and O–H groups in total. The molecule has 4 rings (SSSR count). The van der Waals surface area contributed by atoms with Crippen molar-refractivity contribution in [2.24, 2.45) is 7.05 Å². The van der Waals surface area contributed by atoms with Crippen molar-refractivity contribution >= 4 is 11.3 Å². The van der Waals surface area contributed by atoms with E-state index in [4.69, 9.17) is 4.42 Å². The van der Waals surface area contributed by atoms with Crippen LogP contribution >= 0.6 is 11.3 Å². The Kier molecular flexibility index (Phi) is 60.0. The maximum absolute atomic E-state index is 5.63. The first-order chi connectivity index (χ1) is 30.5. The van der Waals surface area contributed by atoms with Gasteiger partial charge in [0.25, 0.3) is 0 Å². The van der Waals surface area contributed by atoms with Gasteiger partial charge in [-0.05, 0) is 56.9 Å². The molecule has 0 fully saturated rings. The molecule has 0 bridgehead atoms. The van der Waals surface area contributed by atoms with E-state index in [2.05, 4.69) is 157 Å². The van der Waals surface area contributed by atoms with Crippen LogP contribution < -0.4 is 0 Å². The minimum absolute atomic E-state index is 0.385. The second-order valence-corrected chi connectivity index (χ2v) is 17.0. The molecule has 0 aliphatic rings. The Balaban J connectivity index is -0.000000100. The lowest BCUT2D eigenvalue weighted by atomic mass is 10.0. The van der Waals surface area contributed by atoms with Crippen LogP contribution in [0.1, 0.15) is 336 Å². The van der Waals surface area contributed by atoms with E-state index in [1.165, 1.54) is 43.9 Å². The van der Waals surface area contributed by atoms with Crippen molar-refractivity contribution in [1.29, 1.82) is 0 Å². The average molecular weight is 938 g/mol. The molecule has 4 heterocycles. The largest absolute Gasteiger partial charge is 0.445 e. The predicted molar refractivity (Wildman–Crippen MR) is 303 cm³/mol. The molecule has 0 saturated heterocycles. The van der Waals surface area contributed by atoms with Crippen molar-refractivity contribution in [1.82, 2.24) is 29.7 Å². The molecule has 0 aromatic carbocycles. The monoisotopic (exact) mass is 937 g/mol. The quantitative estimate of drug-likeness (QED) is 0.190. The molecule has 0 amide bonds. The van der Waals surface area contributed by atoms with Crippen LogP contribution in [0.3, 0.4) is 0 Å². The molecule has 7 nitrogen and oxygen atoms in total. The fourth-order valence-corrected chi connectivity index (χ4v) is 6.85. The molecule has 0 unspecified atom stereocenters. The SMILES string of the molecule is CC.CC.CC.CC.CC.CC.CC.CC.Cc1[nH]c(C(C)C)nc1C(C)C.Cc1c(C(C)C)nn(C)c1C(C)C.Cc1nc(C(C)C)oc1C(C)C.Cc1nc(C(C)C)sc1C(C)C. The molecule has 390 valence electrons. The molecule has 0 atom stereocenters. The molecule has 65 heavy (non-hydrogen) atoms. The molecule has 0 saturated carbocycles. The number of nitrogens with one attached hydrogen (secondary N) is 1. The number of hydrogen-bond donors (Lipinski definition) is 1. The highest BCUT2D eigenvalue weighted by Gasteiger charge is 2.17. The maximum atomic E-state index is 5.63. The number of hydrogen-bond acceptors (Lipinski definition) is 6. The Labute approximate surface area is 414 Å². The molecule has 4 aromatic heterocycles. The van der Waals surface area contributed by atoms with Crippen LogP contribution in [0.5, 0.6) is 0 Å². The number of thiazole rings is 1. The van der Waals surface area contributed by atoms with Crippen LogP contribution in [0.15, 0.2) is 4.42 Å². The first kappa shape index (κ1) is 79.4. The van der Waals surface area contributed by atoms with Gasteiger partial charge in [0.1, 0.15) is 11.6 Å². The number of rotatable bonds is 8. The van der Waals surface area contributed by atoms with Crippen LogP contribution in [0.25, 0.3) is 0 Å². The number of imidazole rings is 1. The van der Waals surface area contributed by atoms with E-state index in [0.29, 0.717) is 47.3 Å². The van der Waals surface area contributed by atoms with Gasteiger partial charge < -0.3 is 9.40 Å². The van der Waals surface area contributed by atoms with Gasteiger partial charge in [0, 0.05) is 47.0 Å². The van der Waals surface area contributed by atoms with Crippen molar-refractivity contribution in [2.45, 2.75) is 297 Å². The fraction of sp³-hybridized carbons (Fsp3) is 0.789. The average Bonchev–Trinajstić information content (AvgIpc) is 4.08. The van der Waals surface area contributed by atoms with Crippen LogP contribution in [-0.4, -0.2) is 29.7 Å². The van der Waals surface area contributed by atoms with Crippen LogP contribution in [0.4, 0.5) is 0 Å².